The summed E-state index contributed by atoms with van der Waals surface area (Å²) in [5, 5.41) is 3.40. The van der Waals surface area contributed by atoms with Crippen molar-refractivity contribution >= 4 is 5.82 Å². The summed E-state index contributed by atoms with van der Waals surface area (Å²) < 4.78 is 0. The van der Waals surface area contributed by atoms with Crippen molar-refractivity contribution in [3.8, 4) is 0 Å². The highest BCUT2D eigenvalue weighted by molar-refractivity contribution is 5.49. The zero-order chi connectivity index (χ0) is 12.3. The van der Waals surface area contributed by atoms with Crippen LogP contribution in [0.2, 0.25) is 0 Å². The normalized spacial score (nSPS) is 14.8. The lowest BCUT2D eigenvalue weighted by molar-refractivity contribution is 0.572. The van der Waals surface area contributed by atoms with Crippen LogP contribution < -0.4 is 10.2 Å². The van der Waals surface area contributed by atoms with Gasteiger partial charge in [-0.25, -0.2) is 9.97 Å². The van der Waals surface area contributed by atoms with Gasteiger partial charge in [-0.3, -0.25) is 0 Å². The molecule has 0 amide bonds. The third-order valence-electron chi connectivity index (χ3n) is 3.68. The molecule has 0 atom stereocenters. The van der Waals surface area contributed by atoms with Gasteiger partial charge in [0.15, 0.2) is 0 Å². The number of hydrogen-bond acceptors (Lipinski definition) is 4. The van der Waals surface area contributed by atoms with Crippen LogP contribution in [0.5, 0.6) is 0 Å². The summed E-state index contributed by atoms with van der Waals surface area (Å²) in [6.45, 7) is 6.39. The molecule has 0 bridgehead atoms. The fourth-order valence-electron chi connectivity index (χ4n) is 2.57. The zero-order valence-corrected chi connectivity index (χ0v) is 11.0. The summed E-state index contributed by atoms with van der Waals surface area (Å²) in [6.07, 6.45) is 5.03. The molecule has 2 rings (SSSR count). The minimum Gasteiger partial charge on any atom is -0.356 e. The molecule has 0 saturated carbocycles. The fourth-order valence-corrected chi connectivity index (χ4v) is 2.57. The first-order valence-corrected chi connectivity index (χ1v) is 6.54. The second-order valence-corrected chi connectivity index (χ2v) is 4.63. The standard InChI is InChI=1S/C13H22N4/c1-4-10(5-2)17(3)13-11-8-14-7-6-12(11)15-9-16-13/h9-10,14H,4-8H2,1-3H3. The Morgan fingerprint density at radius 1 is 1.35 bits per heavy atom. The van der Waals surface area contributed by atoms with E-state index in [2.05, 4.69) is 41.1 Å². The lowest BCUT2D eigenvalue weighted by Gasteiger charge is -2.30. The molecule has 1 N–H and O–H groups in total. The van der Waals surface area contributed by atoms with Crippen molar-refractivity contribution in [1.82, 2.24) is 15.3 Å². The minimum absolute atomic E-state index is 0.566. The van der Waals surface area contributed by atoms with Crippen LogP contribution in [0.15, 0.2) is 6.33 Å². The molecule has 94 valence electrons. The van der Waals surface area contributed by atoms with E-state index in [4.69, 9.17) is 0 Å². The molecule has 17 heavy (non-hydrogen) atoms. The van der Waals surface area contributed by atoms with Crippen LogP contribution in [0.3, 0.4) is 0 Å². The van der Waals surface area contributed by atoms with Gasteiger partial charge in [-0.1, -0.05) is 13.8 Å². The summed E-state index contributed by atoms with van der Waals surface area (Å²) in [6, 6.07) is 0.566. The molecule has 0 spiro atoms. The van der Waals surface area contributed by atoms with E-state index < -0.39 is 0 Å². The van der Waals surface area contributed by atoms with E-state index in [0.717, 1.165) is 38.2 Å². The number of nitrogens with one attached hydrogen (secondary N) is 1. The number of anilines is 1. The highest BCUT2D eigenvalue weighted by Crippen LogP contribution is 2.24. The van der Waals surface area contributed by atoms with Crippen LogP contribution >= 0.6 is 0 Å². The first kappa shape index (κ1) is 12.3. The van der Waals surface area contributed by atoms with E-state index in [0.29, 0.717) is 6.04 Å². The van der Waals surface area contributed by atoms with Crippen LogP contribution in [0.4, 0.5) is 5.82 Å². The molecule has 0 aliphatic carbocycles. The molecule has 0 saturated heterocycles. The summed E-state index contributed by atoms with van der Waals surface area (Å²) >= 11 is 0. The second kappa shape index (κ2) is 5.45. The van der Waals surface area contributed by atoms with E-state index in [9.17, 15) is 0 Å². The molecule has 1 aromatic rings. The Bertz CT molecular complexity index is 374. The average Bonchev–Trinajstić information content (AvgIpc) is 2.39. The molecule has 4 nitrogen and oxygen atoms in total. The topological polar surface area (TPSA) is 41.1 Å². The van der Waals surface area contributed by atoms with E-state index >= 15 is 0 Å². The Labute approximate surface area is 103 Å². The van der Waals surface area contributed by atoms with Gasteiger partial charge >= 0.3 is 0 Å². The predicted octanol–water partition coefficient (Wildman–Crippen LogP) is 1.75. The maximum atomic E-state index is 4.48. The first-order valence-electron chi connectivity index (χ1n) is 6.54. The third-order valence-corrected chi connectivity index (χ3v) is 3.68. The Hall–Kier alpha value is -1.16. The van der Waals surface area contributed by atoms with Crippen molar-refractivity contribution < 1.29 is 0 Å². The Morgan fingerprint density at radius 3 is 2.82 bits per heavy atom. The van der Waals surface area contributed by atoms with Crippen LogP contribution in [0.25, 0.3) is 0 Å². The van der Waals surface area contributed by atoms with Crippen molar-refractivity contribution in [3.05, 3.63) is 17.6 Å². The van der Waals surface area contributed by atoms with Crippen molar-refractivity contribution in [2.24, 2.45) is 0 Å². The maximum absolute atomic E-state index is 4.48. The SMILES string of the molecule is CCC(CC)N(C)c1ncnc2c1CNCC2. The van der Waals surface area contributed by atoms with Gasteiger partial charge < -0.3 is 10.2 Å². The van der Waals surface area contributed by atoms with Gasteiger partial charge in [0.05, 0.1) is 5.69 Å². The lowest BCUT2D eigenvalue weighted by atomic mass is 10.1. The van der Waals surface area contributed by atoms with Crippen LogP contribution in [0.1, 0.15) is 37.9 Å². The number of fused-ring (bicyclic) bond motifs is 1. The third kappa shape index (κ3) is 2.41. The molecule has 0 aromatic carbocycles. The molecule has 1 aliphatic rings. The summed E-state index contributed by atoms with van der Waals surface area (Å²) in [5.74, 6) is 1.11. The van der Waals surface area contributed by atoms with Crippen LogP contribution in [-0.2, 0) is 13.0 Å². The Morgan fingerprint density at radius 2 is 2.12 bits per heavy atom. The predicted molar refractivity (Wildman–Crippen MR) is 70.2 cm³/mol. The van der Waals surface area contributed by atoms with Gasteiger partial charge in [0.2, 0.25) is 0 Å². The van der Waals surface area contributed by atoms with Crippen molar-refractivity contribution in [2.45, 2.75) is 45.7 Å². The number of aromatic nitrogens is 2. The van der Waals surface area contributed by atoms with Gasteiger partial charge in [0.1, 0.15) is 12.1 Å². The first-order chi connectivity index (χ1) is 8.27. The van der Waals surface area contributed by atoms with E-state index in [1.807, 2.05) is 0 Å². The van der Waals surface area contributed by atoms with Crippen molar-refractivity contribution in [3.63, 3.8) is 0 Å². The quantitative estimate of drug-likeness (QED) is 0.861. The second-order valence-electron chi connectivity index (χ2n) is 4.63. The average molecular weight is 234 g/mol. The maximum Gasteiger partial charge on any atom is 0.136 e. The molecule has 0 radical (unpaired) electrons. The number of hydrogen-bond donors (Lipinski definition) is 1. The largest absolute Gasteiger partial charge is 0.356 e. The smallest absolute Gasteiger partial charge is 0.136 e. The Kier molecular flexibility index (Phi) is 3.94. The van der Waals surface area contributed by atoms with E-state index in [-0.39, 0.29) is 0 Å². The molecular formula is C13H22N4. The van der Waals surface area contributed by atoms with E-state index in [1.54, 1.807) is 6.33 Å². The highest BCUT2D eigenvalue weighted by Gasteiger charge is 2.20. The highest BCUT2D eigenvalue weighted by atomic mass is 15.2. The molecule has 1 aliphatic heterocycles. The van der Waals surface area contributed by atoms with Gasteiger partial charge in [-0.2, -0.15) is 0 Å². The Balaban J connectivity index is 2.31. The van der Waals surface area contributed by atoms with E-state index in [1.165, 1.54) is 11.3 Å². The van der Waals surface area contributed by atoms with Crippen LogP contribution in [0, 0.1) is 0 Å². The van der Waals surface area contributed by atoms with Gasteiger partial charge in [0, 0.05) is 38.2 Å². The number of rotatable bonds is 4. The molecular weight excluding hydrogens is 212 g/mol. The molecule has 4 heteroatoms. The van der Waals surface area contributed by atoms with Gasteiger partial charge in [0.25, 0.3) is 0 Å². The number of nitrogens with zero attached hydrogens (tertiary/aromatic N) is 3. The van der Waals surface area contributed by atoms with Gasteiger partial charge in [-0.15, -0.1) is 0 Å². The molecule has 2 heterocycles. The van der Waals surface area contributed by atoms with Crippen molar-refractivity contribution in [1.29, 1.82) is 0 Å². The molecule has 1 aromatic heterocycles. The summed E-state index contributed by atoms with van der Waals surface area (Å²) in [7, 11) is 2.15. The fraction of sp³-hybridized carbons (Fsp3) is 0.692. The summed E-state index contributed by atoms with van der Waals surface area (Å²) in [4.78, 5) is 11.2. The lowest BCUT2D eigenvalue weighted by Crippen LogP contribution is -2.34. The monoisotopic (exact) mass is 234 g/mol. The molecule has 0 fully saturated rings. The van der Waals surface area contributed by atoms with Crippen molar-refractivity contribution in [2.75, 3.05) is 18.5 Å². The van der Waals surface area contributed by atoms with Gasteiger partial charge in [-0.05, 0) is 12.8 Å². The zero-order valence-electron chi connectivity index (χ0n) is 11.0. The summed E-state index contributed by atoms with van der Waals surface area (Å²) in [5.41, 5.74) is 2.50. The molecule has 0 unspecified atom stereocenters. The minimum atomic E-state index is 0.566. The van der Waals surface area contributed by atoms with Crippen LogP contribution in [-0.4, -0.2) is 29.6 Å².